The number of carbonyl (C=O) groups excluding carboxylic acids is 2. The lowest BCUT2D eigenvalue weighted by molar-refractivity contribution is -0.116. The van der Waals surface area contributed by atoms with Gasteiger partial charge in [-0.15, -0.1) is 0 Å². The van der Waals surface area contributed by atoms with Gasteiger partial charge >= 0.3 is 0 Å². The molecule has 1 saturated heterocycles. The van der Waals surface area contributed by atoms with Gasteiger partial charge in [0, 0.05) is 38.1 Å². The van der Waals surface area contributed by atoms with Crippen LogP contribution >= 0.6 is 0 Å². The lowest BCUT2D eigenvalue weighted by atomic mass is 9.90. The molecule has 2 amide bonds. The number of nitrogens with one attached hydrogen (secondary N) is 2. The zero-order chi connectivity index (χ0) is 25.3. The summed E-state index contributed by atoms with van der Waals surface area (Å²) in [4.78, 5) is 29.0. The predicted molar refractivity (Wildman–Crippen MR) is 145 cm³/mol. The Morgan fingerprint density at radius 3 is 2.14 bits per heavy atom. The average molecular weight is 486 g/mol. The number of ether oxygens (including phenoxy) is 1. The Balaban J connectivity index is 1.62. The molecule has 3 aromatic carbocycles. The SMILES string of the molecule is COCCNC(=O)c1cc(NC(=O)C(c2ccccc2)c2ccccc2)ccc1N1CCC(C)CC1. The summed E-state index contributed by atoms with van der Waals surface area (Å²) in [7, 11) is 1.61. The summed E-state index contributed by atoms with van der Waals surface area (Å²) in [6, 6.07) is 25.1. The van der Waals surface area contributed by atoms with Gasteiger partial charge in [0.15, 0.2) is 0 Å². The van der Waals surface area contributed by atoms with Gasteiger partial charge in [0.25, 0.3) is 5.91 Å². The van der Waals surface area contributed by atoms with Gasteiger partial charge < -0.3 is 20.3 Å². The summed E-state index contributed by atoms with van der Waals surface area (Å²) in [5.41, 5.74) is 3.89. The number of benzene rings is 3. The normalized spacial score (nSPS) is 14.0. The third kappa shape index (κ3) is 6.32. The first-order chi connectivity index (χ1) is 17.6. The summed E-state index contributed by atoms with van der Waals surface area (Å²) in [6.45, 7) is 4.95. The van der Waals surface area contributed by atoms with Crippen LogP contribution < -0.4 is 15.5 Å². The van der Waals surface area contributed by atoms with E-state index in [1.54, 1.807) is 13.2 Å². The Bertz CT molecular complexity index is 1100. The highest BCUT2D eigenvalue weighted by molar-refractivity contribution is 6.03. The van der Waals surface area contributed by atoms with Crippen LogP contribution in [0.2, 0.25) is 0 Å². The van der Waals surface area contributed by atoms with Gasteiger partial charge in [-0.05, 0) is 48.1 Å². The van der Waals surface area contributed by atoms with Crippen LogP contribution in [0.1, 0.15) is 47.2 Å². The summed E-state index contributed by atoms with van der Waals surface area (Å²) < 4.78 is 5.09. The second-order valence-electron chi connectivity index (χ2n) is 9.39. The Morgan fingerprint density at radius 1 is 0.944 bits per heavy atom. The quantitative estimate of drug-likeness (QED) is 0.415. The topological polar surface area (TPSA) is 70.7 Å². The minimum absolute atomic E-state index is 0.141. The minimum Gasteiger partial charge on any atom is -0.383 e. The molecule has 1 aliphatic heterocycles. The highest BCUT2D eigenvalue weighted by Crippen LogP contribution is 2.30. The Kier molecular flexibility index (Phi) is 8.74. The number of methoxy groups -OCH3 is 1. The third-order valence-corrected chi connectivity index (χ3v) is 6.75. The van der Waals surface area contributed by atoms with Crippen molar-refractivity contribution in [3.8, 4) is 0 Å². The van der Waals surface area contributed by atoms with Crippen molar-refractivity contribution in [1.29, 1.82) is 0 Å². The highest BCUT2D eigenvalue weighted by Gasteiger charge is 2.25. The maximum absolute atomic E-state index is 13.6. The van der Waals surface area contributed by atoms with Gasteiger partial charge in [-0.1, -0.05) is 67.6 Å². The molecule has 0 atom stereocenters. The monoisotopic (exact) mass is 485 g/mol. The molecule has 6 heteroatoms. The van der Waals surface area contributed by atoms with Crippen LogP contribution in [0.4, 0.5) is 11.4 Å². The molecule has 36 heavy (non-hydrogen) atoms. The second-order valence-corrected chi connectivity index (χ2v) is 9.39. The van der Waals surface area contributed by atoms with Gasteiger partial charge in [-0.3, -0.25) is 9.59 Å². The van der Waals surface area contributed by atoms with Crippen LogP contribution in [0, 0.1) is 5.92 Å². The van der Waals surface area contributed by atoms with Crippen molar-refractivity contribution in [3.05, 3.63) is 95.6 Å². The van der Waals surface area contributed by atoms with Crippen LogP contribution in [0.25, 0.3) is 0 Å². The second kappa shape index (κ2) is 12.4. The predicted octanol–water partition coefficient (Wildman–Crippen LogP) is 5.07. The van der Waals surface area contributed by atoms with E-state index in [0.717, 1.165) is 42.7 Å². The van der Waals surface area contributed by atoms with E-state index in [2.05, 4.69) is 22.5 Å². The van der Waals surface area contributed by atoms with Crippen LogP contribution in [0.3, 0.4) is 0 Å². The van der Waals surface area contributed by atoms with Gasteiger partial charge in [-0.2, -0.15) is 0 Å². The first-order valence-corrected chi connectivity index (χ1v) is 12.6. The lowest BCUT2D eigenvalue weighted by Crippen LogP contribution is -2.35. The zero-order valence-corrected chi connectivity index (χ0v) is 21.1. The number of hydrogen-bond donors (Lipinski definition) is 2. The molecule has 0 unspecified atom stereocenters. The maximum Gasteiger partial charge on any atom is 0.253 e. The van der Waals surface area contributed by atoms with E-state index in [0.29, 0.717) is 30.3 Å². The van der Waals surface area contributed by atoms with Crippen molar-refractivity contribution >= 4 is 23.2 Å². The number of carbonyl (C=O) groups is 2. The fourth-order valence-electron chi connectivity index (χ4n) is 4.68. The van der Waals surface area contributed by atoms with E-state index < -0.39 is 5.92 Å². The first-order valence-electron chi connectivity index (χ1n) is 12.6. The molecular formula is C30H35N3O3. The molecular weight excluding hydrogens is 450 g/mol. The first kappa shape index (κ1) is 25.5. The van der Waals surface area contributed by atoms with Crippen LogP contribution in [-0.4, -0.2) is 45.2 Å². The van der Waals surface area contributed by atoms with Crippen molar-refractivity contribution in [3.63, 3.8) is 0 Å². The molecule has 0 aromatic heterocycles. The van der Waals surface area contributed by atoms with Crippen LogP contribution in [-0.2, 0) is 9.53 Å². The van der Waals surface area contributed by atoms with Crippen molar-refractivity contribution in [2.24, 2.45) is 5.92 Å². The minimum atomic E-state index is -0.463. The number of piperidine rings is 1. The van der Waals surface area contributed by atoms with E-state index >= 15 is 0 Å². The Hall–Kier alpha value is -3.64. The molecule has 1 fully saturated rings. The molecule has 6 nitrogen and oxygen atoms in total. The standard InChI is InChI=1S/C30H35N3O3/c1-22-15-18-33(19-16-22)27-14-13-25(21-26(27)29(34)31-17-20-36-2)32-30(35)28(23-9-5-3-6-10-23)24-11-7-4-8-12-24/h3-14,21-22,28H,15-20H2,1-2H3,(H,31,34)(H,32,35). The van der Waals surface area contributed by atoms with Crippen LogP contribution in [0.15, 0.2) is 78.9 Å². The van der Waals surface area contributed by atoms with E-state index in [-0.39, 0.29) is 11.8 Å². The highest BCUT2D eigenvalue weighted by atomic mass is 16.5. The van der Waals surface area contributed by atoms with E-state index in [1.165, 1.54) is 0 Å². The molecule has 0 aliphatic carbocycles. The van der Waals surface area contributed by atoms with Gasteiger partial charge in [0.2, 0.25) is 5.91 Å². The third-order valence-electron chi connectivity index (χ3n) is 6.75. The van der Waals surface area contributed by atoms with E-state index in [9.17, 15) is 9.59 Å². The van der Waals surface area contributed by atoms with Gasteiger partial charge in [0.1, 0.15) is 0 Å². The molecule has 0 saturated carbocycles. The fraction of sp³-hybridized carbons (Fsp3) is 0.333. The van der Waals surface area contributed by atoms with Crippen LogP contribution in [0.5, 0.6) is 0 Å². The van der Waals surface area contributed by atoms with Gasteiger partial charge in [-0.25, -0.2) is 0 Å². The van der Waals surface area contributed by atoms with Gasteiger partial charge in [0.05, 0.1) is 18.1 Å². The molecule has 0 radical (unpaired) electrons. The number of amides is 2. The number of hydrogen-bond acceptors (Lipinski definition) is 4. The van der Waals surface area contributed by atoms with E-state index in [1.807, 2.05) is 72.8 Å². The molecule has 1 heterocycles. The molecule has 188 valence electrons. The summed E-state index contributed by atoms with van der Waals surface area (Å²) in [5, 5.41) is 6.02. The molecule has 2 N–H and O–H groups in total. The van der Waals surface area contributed by atoms with Crippen molar-refractivity contribution in [1.82, 2.24) is 5.32 Å². The van der Waals surface area contributed by atoms with Crippen molar-refractivity contribution in [2.45, 2.75) is 25.7 Å². The van der Waals surface area contributed by atoms with E-state index in [4.69, 9.17) is 4.74 Å². The molecule has 3 aromatic rings. The zero-order valence-electron chi connectivity index (χ0n) is 21.1. The number of anilines is 2. The van der Waals surface area contributed by atoms with Crippen molar-refractivity contribution in [2.75, 3.05) is 43.6 Å². The average Bonchev–Trinajstić information content (AvgIpc) is 2.91. The smallest absolute Gasteiger partial charge is 0.253 e. The number of rotatable bonds is 9. The number of nitrogens with zero attached hydrogens (tertiary/aromatic N) is 1. The summed E-state index contributed by atoms with van der Waals surface area (Å²) in [6.07, 6.45) is 2.19. The lowest BCUT2D eigenvalue weighted by Gasteiger charge is -2.33. The Labute approximate surface area is 213 Å². The summed E-state index contributed by atoms with van der Waals surface area (Å²) in [5.74, 6) is -0.0848. The fourth-order valence-corrected chi connectivity index (χ4v) is 4.68. The molecule has 1 aliphatic rings. The molecule has 4 rings (SSSR count). The molecule has 0 bridgehead atoms. The maximum atomic E-state index is 13.6. The van der Waals surface area contributed by atoms with Crippen molar-refractivity contribution < 1.29 is 14.3 Å². The largest absolute Gasteiger partial charge is 0.383 e. The summed E-state index contributed by atoms with van der Waals surface area (Å²) >= 11 is 0. The molecule has 0 spiro atoms. The Morgan fingerprint density at radius 2 is 1.56 bits per heavy atom.